The lowest BCUT2D eigenvalue weighted by Crippen LogP contribution is -2.25. The highest BCUT2D eigenvalue weighted by Gasteiger charge is 2.24. The summed E-state index contributed by atoms with van der Waals surface area (Å²) >= 11 is 6.20. The van der Waals surface area contributed by atoms with Crippen molar-refractivity contribution < 1.29 is 9.18 Å². The summed E-state index contributed by atoms with van der Waals surface area (Å²) < 4.78 is 16.1. The fourth-order valence-corrected chi connectivity index (χ4v) is 3.76. The minimum atomic E-state index is -0.453. The second-order valence-electron chi connectivity index (χ2n) is 7.54. The molecule has 0 radical (unpaired) electrons. The van der Waals surface area contributed by atoms with Gasteiger partial charge in [-0.3, -0.25) is 9.20 Å². The zero-order chi connectivity index (χ0) is 20.8. The maximum absolute atomic E-state index is 14.4. The lowest BCUT2D eigenvalue weighted by Gasteiger charge is -2.10. The van der Waals surface area contributed by atoms with E-state index in [2.05, 4.69) is 15.5 Å². The monoisotopic (exact) mass is 420 g/mol. The Bertz CT molecular complexity index is 1280. The topological polar surface area (TPSA) is 59.3 Å². The molecule has 0 spiro atoms. The van der Waals surface area contributed by atoms with Crippen LogP contribution in [0.15, 0.2) is 54.7 Å². The maximum Gasteiger partial charge on any atom is 0.251 e. The van der Waals surface area contributed by atoms with Crippen LogP contribution in [-0.4, -0.2) is 26.5 Å². The van der Waals surface area contributed by atoms with Crippen LogP contribution < -0.4 is 5.32 Å². The van der Waals surface area contributed by atoms with Gasteiger partial charge in [0.15, 0.2) is 11.5 Å². The molecule has 1 amide bonds. The molecule has 0 aliphatic heterocycles. The van der Waals surface area contributed by atoms with Crippen LogP contribution in [0.3, 0.4) is 0 Å². The molecule has 2 aromatic carbocycles. The van der Waals surface area contributed by atoms with Crippen LogP contribution in [0, 0.1) is 12.7 Å². The van der Waals surface area contributed by atoms with Crippen molar-refractivity contribution in [3.05, 3.63) is 76.7 Å². The first-order chi connectivity index (χ1) is 14.5. The Morgan fingerprint density at radius 2 is 2.00 bits per heavy atom. The first kappa shape index (κ1) is 18.8. The van der Waals surface area contributed by atoms with Gasteiger partial charge in [-0.15, -0.1) is 10.2 Å². The van der Waals surface area contributed by atoms with E-state index in [9.17, 15) is 9.18 Å². The summed E-state index contributed by atoms with van der Waals surface area (Å²) in [6.45, 7) is 2.00. The standard InChI is InChI=1S/C23H18ClFN4O/c1-13-5-6-15(23(30)26-16-7-8-16)11-17(13)14-9-10-29-20(12-14)27-28-22(29)21-18(24)3-2-4-19(21)25/h2-6,9-12,16H,7-8H2,1H3,(H,26,30). The van der Waals surface area contributed by atoms with Gasteiger partial charge in [-0.1, -0.05) is 23.7 Å². The number of rotatable bonds is 4. The Morgan fingerprint density at radius 1 is 1.17 bits per heavy atom. The third kappa shape index (κ3) is 3.33. The zero-order valence-electron chi connectivity index (χ0n) is 16.2. The van der Waals surface area contributed by atoms with E-state index in [1.54, 1.807) is 22.7 Å². The van der Waals surface area contributed by atoms with Gasteiger partial charge in [0, 0.05) is 17.8 Å². The molecule has 0 bridgehead atoms. The summed E-state index contributed by atoms with van der Waals surface area (Å²) in [5.41, 5.74) is 4.29. The predicted molar refractivity (Wildman–Crippen MR) is 114 cm³/mol. The summed E-state index contributed by atoms with van der Waals surface area (Å²) in [5.74, 6) is -0.168. The maximum atomic E-state index is 14.4. The molecule has 0 atom stereocenters. The van der Waals surface area contributed by atoms with Gasteiger partial charge in [-0.2, -0.15) is 0 Å². The largest absolute Gasteiger partial charge is 0.349 e. The lowest BCUT2D eigenvalue weighted by atomic mass is 9.98. The van der Waals surface area contributed by atoms with E-state index in [4.69, 9.17) is 11.6 Å². The van der Waals surface area contributed by atoms with Gasteiger partial charge in [0.25, 0.3) is 5.91 Å². The molecule has 2 heterocycles. The number of pyridine rings is 1. The zero-order valence-corrected chi connectivity index (χ0v) is 16.9. The molecule has 150 valence electrons. The van der Waals surface area contributed by atoms with Crippen LogP contribution in [-0.2, 0) is 0 Å². The number of halogens is 2. The normalized spacial score (nSPS) is 13.6. The van der Waals surface area contributed by atoms with Crippen molar-refractivity contribution in [2.45, 2.75) is 25.8 Å². The molecule has 1 aliphatic rings. The van der Waals surface area contributed by atoms with Gasteiger partial charge in [-0.25, -0.2) is 4.39 Å². The summed E-state index contributed by atoms with van der Waals surface area (Å²) in [5, 5.41) is 11.7. The highest BCUT2D eigenvalue weighted by atomic mass is 35.5. The molecule has 7 heteroatoms. The molecule has 1 fully saturated rings. The Hall–Kier alpha value is -3.25. The third-order valence-electron chi connectivity index (χ3n) is 5.32. The molecular weight excluding hydrogens is 403 g/mol. The minimum Gasteiger partial charge on any atom is -0.349 e. The summed E-state index contributed by atoms with van der Waals surface area (Å²) in [4.78, 5) is 12.4. The first-order valence-electron chi connectivity index (χ1n) is 9.72. The number of hydrogen-bond donors (Lipinski definition) is 1. The van der Waals surface area contributed by atoms with Crippen LogP contribution in [0.5, 0.6) is 0 Å². The fourth-order valence-electron chi connectivity index (χ4n) is 3.51. The second kappa shape index (κ2) is 7.22. The number of aromatic nitrogens is 3. The second-order valence-corrected chi connectivity index (χ2v) is 7.95. The predicted octanol–water partition coefficient (Wildman–Crippen LogP) is 5.06. The van der Waals surface area contributed by atoms with Crippen molar-refractivity contribution in [3.8, 4) is 22.5 Å². The first-order valence-corrected chi connectivity index (χ1v) is 10.1. The Balaban J connectivity index is 1.56. The molecule has 4 aromatic rings. The average molecular weight is 421 g/mol. The van der Waals surface area contributed by atoms with E-state index < -0.39 is 5.82 Å². The lowest BCUT2D eigenvalue weighted by molar-refractivity contribution is 0.0951. The van der Waals surface area contributed by atoms with Crippen molar-refractivity contribution in [1.29, 1.82) is 0 Å². The number of benzene rings is 2. The summed E-state index contributed by atoms with van der Waals surface area (Å²) in [6, 6.07) is 14.3. The van der Waals surface area contributed by atoms with Crippen LogP contribution in [0.2, 0.25) is 5.02 Å². The molecule has 5 rings (SSSR count). The van der Waals surface area contributed by atoms with Crippen molar-refractivity contribution >= 4 is 23.2 Å². The van der Waals surface area contributed by atoms with Crippen molar-refractivity contribution in [2.75, 3.05) is 0 Å². The number of nitrogens with zero attached hydrogens (tertiary/aromatic N) is 3. The molecule has 0 saturated heterocycles. The van der Waals surface area contributed by atoms with E-state index in [0.29, 0.717) is 23.1 Å². The minimum absolute atomic E-state index is 0.0567. The van der Waals surface area contributed by atoms with Crippen LogP contribution in [0.25, 0.3) is 28.2 Å². The van der Waals surface area contributed by atoms with Crippen LogP contribution in [0.1, 0.15) is 28.8 Å². The number of carbonyl (C=O) groups excluding carboxylic acids is 1. The molecule has 1 N–H and O–H groups in total. The number of carbonyl (C=O) groups is 1. The van der Waals surface area contributed by atoms with Crippen LogP contribution >= 0.6 is 11.6 Å². The quantitative estimate of drug-likeness (QED) is 0.502. The Kier molecular flexibility index (Phi) is 4.51. The smallest absolute Gasteiger partial charge is 0.251 e. The number of nitrogens with one attached hydrogen (secondary N) is 1. The fraction of sp³-hybridized carbons (Fsp3) is 0.174. The van der Waals surface area contributed by atoms with E-state index in [1.165, 1.54) is 6.07 Å². The van der Waals surface area contributed by atoms with Gasteiger partial charge in [0.2, 0.25) is 0 Å². The van der Waals surface area contributed by atoms with Gasteiger partial charge < -0.3 is 5.32 Å². The van der Waals surface area contributed by atoms with Gasteiger partial charge >= 0.3 is 0 Å². The summed E-state index contributed by atoms with van der Waals surface area (Å²) in [6.07, 6.45) is 3.88. The van der Waals surface area contributed by atoms with E-state index in [0.717, 1.165) is 29.5 Å². The van der Waals surface area contributed by atoms with Crippen molar-refractivity contribution in [1.82, 2.24) is 19.9 Å². The molecule has 2 aromatic heterocycles. The van der Waals surface area contributed by atoms with Gasteiger partial charge in [0.05, 0.1) is 10.6 Å². The number of amides is 1. The van der Waals surface area contributed by atoms with Crippen LogP contribution in [0.4, 0.5) is 4.39 Å². The van der Waals surface area contributed by atoms with Gasteiger partial charge in [0.1, 0.15) is 5.82 Å². The Morgan fingerprint density at radius 3 is 2.77 bits per heavy atom. The molecule has 1 saturated carbocycles. The molecular formula is C23H18ClFN4O. The number of aryl methyl sites for hydroxylation is 1. The van der Waals surface area contributed by atoms with E-state index >= 15 is 0 Å². The Labute approximate surface area is 177 Å². The molecule has 0 unspecified atom stereocenters. The highest BCUT2D eigenvalue weighted by molar-refractivity contribution is 6.33. The van der Waals surface area contributed by atoms with E-state index in [1.807, 2.05) is 37.3 Å². The average Bonchev–Trinajstić information content (AvgIpc) is 3.45. The van der Waals surface area contributed by atoms with E-state index in [-0.39, 0.29) is 16.5 Å². The summed E-state index contributed by atoms with van der Waals surface area (Å²) in [7, 11) is 0. The molecule has 5 nitrogen and oxygen atoms in total. The van der Waals surface area contributed by atoms with Crippen molar-refractivity contribution in [3.63, 3.8) is 0 Å². The number of hydrogen-bond acceptors (Lipinski definition) is 3. The highest BCUT2D eigenvalue weighted by Crippen LogP contribution is 2.31. The van der Waals surface area contributed by atoms with Crippen molar-refractivity contribution in [2.24, 2.45) is 0 Å². The number of fused-ring (bicyclic) bond motifs is 1. The SMILES string of the molecule is Cc1ccc(C(=O)NC2CC2)cc1-c1ccn2c(-c3c(F)cccc3Cl)nnc2c1. The van der Waals surface area contributed by atoms with Gasteiger partial charge in [-0.05, 0) is 72.9 Å². The third-order valence-corrected chi connectivity index (χ3v) is 5.63. The molecule has 30 heavy (non-hydrogen) atoms. The molecule has 1 aliphatic carbocycles.